The monoisotopic (exact) mass is 327 g/mol. The molecule has 0 aliphatic rings. The van der Waals surface area contributed by atoms with Crippen molar-refractivity contribution in [2.75, 3.05) is 27.2 Å². The summed E-state index contributed by atoms with van der Waals surface area (Å²) in [5, 5.41) is 9.07. The lowest BCUT2D eigenvalue weighted by Gasteiger charge is -2.13. The summed E-state index contributed by atoms with van der Waals surface area (Å²) in [4.78, 5) is 13.2. The van der Waals surface area contributed by atoms with Crippen LogP contribution in [0.25, 0.3) is 0 Å². The molecule has 0 heterocycles. The Balaban J connectivity index is 1.95. The Bertz CT molecular complexity index is 667. The molecule has 0 saturated heterocycles. The van der Waals surface area contributed by atoms with Gasteiger partial charge in [0, 0.05) is 6.54 Å². The van der Waals surface area contributed by atoms with E-state index in [4.69, 9.17) is 9.84 Å². The molecule has 0 aliphatic carbocycles. The molecule has 2 rings (SSSR count). The average molecular weight is 327 g/mol. The fourth-order valence-corrected chi connectivity index (χ4v) is 2.55. The van der Waals surface area contributed by atoms with Crippen LogP contribution in [0.2, 0.25) is 0 Å². The zero-order valence-corrected chi connectivity index (χ0v) is 14.4. The van der Waals surface area contributed by atoms with Gasteiger partial charge in [-0.3, -0.25) is 0 Å². The molecule has 0 spiro atoms. The number of carboxylic acids is 1. The minimum absolute atomic E-state index is 0.334. The molecule has 0 fully saturated rings. The smallest absolute Gasteiger partial charge is 0.335 e. The third-order valence-corrected chi connectivity index (χ3v) is 3.84. The van der Waals surface area contributed by atoms with Crippen molar-refractivity contribution < 1.29 is 14.6 Å². The highest BCUT2D eigenvalue weighted by Gasteiger charge is 2.06. The van der Waals surface area contributed by atoms with Crippen LogP contribution in [0.5, 0.6) is 5.75 Å². The van der Waals surface area contributed by atoms with E-state index >= 15 is 0 Å². The summed E-state index contributed by atoms with van der Waals surface area (Å²) >= 11 is 0. The zero-order valence-electron chi connectivity index (χ0n) is 14.4. The maximum atomic E-state index is 11.1. The van der Waals surface area contributed by atoms with Crippen molar-refractivity contribution in [1.29, 1.82) is 0 Å². The second-order valence-electron chi connectivity index (χ2n) is 6.12. The van der Waals surface area contributed by atoms with Gasteiger partial charge in [0.2, 0.25) is 0 Å². The number of hydrogen-bond donors (Lipinski definition) is 1. The Kier molecular flexibility index (Phi) is 6.82. The highest BCUT2D eigenvalue weighted by Crippen LogP contribution is 2.20. The van der Waals surface area contributed by atoms with E-state index in [0.29, 0.717) is 12.2 Å². The van der Waals surface area contributed by atoms with E-state index in [-0.39, 0.29) is 0 Å². The summed E-state index contributed by atoms with van der Waals surface area (Å²) in [6.45, 7) is 1.70. The molecule has 1 N–H and O–H groups in total. The Labute approximate surface area is 143 Å². The Hall–Kier alpha value is -2.33. The predicted octanol–water partition coefficient (Wildman–Crippen LogP) is 3.50. The first-order valence-electron chi connectivity index (χ1n) is 8.24. The fourth-order valence-electron chi connectivity index (χ4n) is 2.55. The molecule has 2 aromatic carbocycles. The Morgan fingerprint density at radius 2 is 1.88 bits per heavy atom. The summed E-state index contributed by atoms with van der Waals surface area (Å²) in [5.41, 5.74) is 2.51. The van der Waals surface area contributed by atoms with Crippen molar-refractivity contribution in [3.8, 4) is 5.75 Å². The Morgan fingerprint density at radius 1 is 1.08 bits per heavy atom. The van der Waals surface area contributed by atoms with Crippen molar-refractivity contribution in [3.63, 3.8) is 0 Å². The highest BCUT2D eigenvalue weighted by atomic mass is 16.5. The molecule has 0 saturated carbocycles. The van der Waals surface area contributed by atoms with E-state index in [0.717, 1.165) is 42.7 Å². The predicted molar refractivity (Wildman–Crippen MR) is 95.9 cm³/mol. The Morgan fingerprint density at radius 3 is 2.62 bits per heavy atom. The molecule has 0 radical (unpaired) electrons. The molecule has 0 aromatic heterocycles. The van der Waals surface area contributed by atoms with Gasteiger partial charge < -0.3 is 14.7 Å². The van der Waals surface area contributed by atoms with Gasteiger partial charge in [0.15, 0.2) is 0 Å². The first kappa shape index (κ1) is 18.0. The second kappa shape index (κ2) is 9.08. The van der Waals surface area contributed by atoms with Crippen LogP contribution in [0.3, 0.4) is 0 Å². The summed E-state index contributed by atoms with van der Waals surface area (Å²) in [7, 11) is 4.11. The average Bonchev–Trinajstić information content (AvgIpc) is 2.58. The number of benzene rings is 2. The zero-order chi connectivity index (χ0) is 17.4. The lowest BCUT2D eigenvalue weighted by atomic mass is 10.0. The third kappa shape index (κ3) is 5.70. The lowest BCUT2D eigenvalue weighted by molar-refractivity contribution is 0.0696. The molecular weight excluding hydrogens is 302 g/mol. The van der Waals surface area contributed by atoms with Crippen LogP contribution in [0.1, 0.15) is 27.9 Å². The number of aryl methyl sites for hydroxylation is 2. The number of nitrogens with zero attached hydrogens (tertiary/aromatic N) is 1. The minimum Gasteiger partial charge on any atom is -0.493 e. The van der Waals surface area contributed by atoms with Gasteiger partial charge in [0.1, 0.15) is 5.75 Å². The van der Waals surface area contributed by atoms with Gasteiger partial charge in [-0.15, -0.1) is 0 Å². The topological polar surface area (TPSA) is 49.8 Å². The molecule has 0 atom stereocenters. The molecule has 4 heteroatoms. The molecule has 4 nitrogen and oxygen atoms in total. The van der Waals surface area contributed by atoms with Gasteiger partial charge in [-0.05, 0) is 62.7 Å². The summed E-state index contributed by atoms with van der Waals surface area (Å²) in [6, 6.07) is 15.2. The van der Waals surface area contributed by atoms with Crippen molar-refractivity contribution >= 4 is 5.97 Å². The van der Waals surface area contributed by atoms with E-state index < -0.39 is 5.97 Å². The molecule has 0 unspecified atom stereocenters. The van der Waals surface area contributed by atoms with Gasteiger partial charge in [-0.25, -0.2) is 4.79 Å². The molecule has 128 valence electrons. The minimum atomic E-state index is -0.888. The van der Waals surface area contributed by atoms with Crippen LogP contribution >= 0.6 is 0 Å². The van der Waals surface area contributed by atoms with Crippen molar-refractivity contribution in [2.24, 2.45) is 0 Å². The van der Waals surface area contributed by atoms with Crippen LogP contribution in [-0.2, 0) is 12.8 Å². The quantitative estimate of drug-likeness (QED) is 0.716. The number of aromatic carboxylic acids is 1. The number of rotatable bonds is 9. The largest absolute Gasteiger partial charge is 0.493 e. The van der Waals surface area contributed by atoms with Gasteiger partial charge in [0.25, 0.3) is 0 Å². The maximum Gasteiger partial charge on any atom is 0.335 e. The summed E-state index contributed by atoms with van der Waals surface area (Å²) in [6.07, 6.45) is 2.61. The van der Waals surface area contributed by atoms with Crippen LogP contribution in [-0.4, -0.2) is 43.2 Å². The van der Waals surface area contributed by atoms with Crippen LogP contribution in [0.15, 0.2) is 48.5 Å². The highest BCUT2D eigenvalue weighted by molar-refractivity contribution is 5.87. The first-order valence-corrected chi connectivity index (χ1v) is 8.24. The third-order valence-electron chi connectivity index (χ3n) is 3.84. The van der Waals surface area contributed by atoms with Gasteiger partial charge in [-0.1, -0.05) is 30.3 Å². The number of carbonyl (C=O) groups is 1. The number of para-hydroxylation sites is 1. The molecule has 0 amide bonds. The van der Waals surface area contributed by atoms with Crippen molar-refractivity contribution in [3.05, 3.63) is 65.2 Å². The second-order valence-corrected chi connectivity index (χ2v) is 6.12. The summed E-state index contributed by atoms with van der Waals surface area (Å²) in [5.74, 6) is 0.0344. The number of hydrogen-bond acceptors (Lipinski definition) is 3. The number of ether oxygens (including phenoxy) is 1. The molecule has 0 bridgehead atoms. The van der Waals surface area contributed by atoms with Crippen molar-refractivity contribution in [2.45, 2.75) is 19.3 Å². The van der Waals surface area contributed by atoms with E-state index in [9.17, 15) is 4.79 Å². The fraction of sp³-hybridized carbons (Fsp3) is 0.350. The van der Waals surface area contributed by atoms with E-state index in [2.05, 4.69) is 25.1 Å². The molecule has 24 heavy (non-hydrogen) atoms. The van der Waals surface area contributed by atoms with Gasteiger partial charge >= 0.3 is 5.97 Å². The van der Waals surface area contributed by atoms with E-state index in [1.165, 1.54) is 0 Å². The van der Waals surface area contributed by atoms with Gasteiger partial charge in [-0.2, -0.15) is 0 Å². The maximum absolute atomic E-state index is 11.1. The standard InChI is InChI=1S/C20H25NO3/c1-21(2)13-6-14-24-19-10-4-3-8-17(19)12-11-16-7-5-9-18(15-16)20(22)23/h3-5,7-10,15H,6,11-14H2,1-2H3,(H,22,23). The van der Waals surface area contributed by atoms with Crippen LogP contribution in [0.4, 0.5) is 0 Å². The van der Waals surface area contributed by atoms with E-state index in [1.54, 1.807) is 18.2 Å². The summed E-state index contributed by atoms with van der Waals surface area (Å²) < 4.78 is 5.92. The first-order chi connectivity index (χ1) is 11.6. The van der Waals surface area contributed by atoms with Crippen LogP contribution < -0.4 is 4.74 Å². The molecular formula is C20H25NO3. The normalized spacial score (nSPS) is 10.8. The van der Waals surface area contributed by atoms with Crippen LogP contribution in [0, 0.1) is 0 Å². The SMILES string of the molecule is CN(C)CCCOc1ccccc1CCc1cccc(C(=O)O)c1. The molecule has 2 aromatic rings. The van der Waals surface area contributed by atoms with Gasteiger partial charge in [0.05, 0.1) is 12.2 Å². The van der Waals surface area contributed by atoms with Crippen molar-refractivity contribution in [1.82, 2.24) is 4.90 Å². The number of carboxylic acid groups (broad SMARTS) is 1. The molecule has 0 aliphatic heterocycles. The van der Waals surface area contributed by atoms with E-state index in [1.807, 2.05) is 24.3 Å². The lowest BCUT2D eigenvalue weighted by Crippen LogP contribution is -2.15.